The molecule has 0 aliphatic carbocycles. The molecule has 0 radical (unpaired) electrons. The van der Waals surface area contributed by atoms with E-state index in [1.165, 1.54) is 23.5 Å². The van der Waals surface area contributed by atoms with Crippen LogP contribution in [0.25, 0.3) is 0 Å². The van der Waals surface area contributed by atoms with Gasteiger partial charge in [-0.25, -0.2) is 13.4 Å². The number of hydrogen-bond donors (Lipinski definition) is 1. The summed E-state index contributed by atoms with van der Waals surface area (Å²) in [7, 11) is -3.50. The third kappa shape index (κ3) is 4.14. The molecule has 6 nitrogen and oxygen atoms in total. The second-order valence-corrected chi connectivity index (χ2v) is 9.08. The van der Waals surface area contributed by atoms with E-state index >= 15 is 0 Å². The second kappa shape index (κ2) is 7.22. The summed E-state index contributed by atoms with van der Waals surface area (Å²) >= 11 is 7.53. The van der Waals surface area contributed by atoms with E-state index in [0.29, 0.717) is 16.6 Å². The number of aromatic nitrogens is 1. The highest BCUT2D eigenvalue weighted by Gasteiger charge is 2.19. The number of rotatable bonds is 5. The van der Waals surface area contributed by atoms with Crippen LogP contribution in [0.1, 0.15) is 26.7 Å². The Hall–Kier alpha value is -2.16. The van der Waals surface area contributed by atoms with E-state index < -0.39 is 15.7 Å². The highest BCUT2D eigenvalue weighted by Crippen LogP contribution is 2.28. The summed E-state index contributed by atoms with van der Waals surface area (Å²) in [6, 6.07) is 10.1. The number of amides is 1. The number of nitrogens with one attached hydrogen (secondary N) is 1. The van der Waals surface area contributed by atoms with Gasteiger partial charge in [0, 0.05) is 22.6 Å². The summed E-state index contributed by atoms with van der Waals surface area (Å²) in [6.45, 7) is 1.85. The third-order valence-corrected chi connectivity index (χ3v) is 5.98. The van der Waals surface area contributed by atoms with Gasteiger partial charge in [0.25, 0.3) is 5.91 Å². The van der Waals surface area contributed by atoms with E-state index in [-0.39, 0.29) is 10.9 Å². The molecule has 136 valence electrons. The van der Waals surface area contributed by atoms with Gasteiger partial charge in [-0.15, -0.1) is 11.3 Å². The highest BCUT2D eigenvalue weighted by molar-refractivity contribution is 7.90. The number of sulfone groups is 1. The maximum Gasteiger partial charge on any atom is 0.293 e. The molecule has 0 unspecified atom stereocenters. The maximum absolute atomic E-state index is 12.2. The Labute approximate surface area is 159 Å². The molecule has 0 saturated carbocycles. The molecule has 0 aliphatic rings. The smallest absolute Gasteiger partial charge is 0.293 e. The number of aryl methyl sites for hydroxylation is 1. The van der Waals surface area contributed by atoms with Gasteiger partial charge in [-0.1, -0.05) is 29.8 Å². The Morgan fingerprint density at radius 2 is 2.00 bits per heavy atom. The lowest BCUT2D eigenvalue weighted by Crippen LogP contribution is -2.10. The second-order valence-electron chi connectivity index (χ2n) is 5.64. The van der Waals surface area contributed by atoms with E-state index in [4.69, 9.17) is 16.0 Å². The molecule has 2 aromatic heterocycles. The minimum Gasteiger partial charge on any atom is -0.440 e. The molecular weight excluding hydrogens is 396 g/mol. The van der Waals surface area contributed by atoms with Crippen LogP contribution < -0.4 is 5.32 Å². The van der Waals surface area contributed by atoms with Gasteiger partial charge in [-0.05, 0) is 30.7 Å². The quantitative estimate of drug-likeness (QED) is 0.687. The van der Waals surface area contributed by atoms with Crippen molar-refractivity contribution in [2.45, 2.75) is 18.4 Å². The van der Waals surface area contributed by atoms with Crippen LogP contribution in [0, 0.1) is 6.92 Å². The SMILES string of the molecule is Cc1nc(NC(=O)c2ccc(S(C)(=O)=O)o2)sc1Cc1ccccc1Cl. The van der Waals surface area contributed by atoms with Crippen molar-refractivity contribution in [1.82, 2.24) is 4.98 Å². The molecule has 0 bridgehead atoms. The van der Waals surface area contributed by atoms with Crippen LogP contribution in [0.4, 0.5) is 5.13 Å². The molecule has 1 N–H and O–H groups in total. The van der Waals surface area contributed by atoms with Crippen LogP contribution in [0.2, 0.25) is 5.02 Å². The molecule has 0 aliphatic heterocycles. The molecule has 0 saturated heterocycles. The van der Waals surface area contributed by atoms with Crippen LogP contribution in [-0.2, 0) is 16.3 Å². The van der Waals surface area contributed by atoms with Crippen molar-refractivity contribution >= 4 is 43.8 Å². The van der Waals surface area contributed by atoms with E-state index in [1.807, 2.05) is 31.2 Å². The first kappa shape index (κ1) is 18.6. The summed E-state index contributed by atoms with van der Waals surface area (Å²) in [5.41, 5.74) is 1.77. The lowest BCUT2D eigenvalue weighted by atomic mass is 10.1. The Morgan fingerprint density at radius 3 is 2.65 bits per heavy atom. The molecule has 1 aromatic carbocycles. The van der Waals surface area contributed by atoms with Crippen LogP contribution >= 0.6 is 22.9 Å². The van der Waals surface area contributed by atoms with Crippen molar-refractivity contribution in [3.8, 4) is 0 Å². The number of nitrogens with zero attached hydrogens (tertiary/aromatic N) is 1. The largest absolute Gasteiger partial charge is 0.440 e. The summed E-state index contributed by atoms with van der Waals surface area (Å²) < 4.78 is 27.9. The number of anilines is 1. The molecule has 3 rings (SSSR count). The zero-order chi connectivity index (χ0) is 18.9. The number of thiazole rings is 1. The Kier molecular flexibility index (Phi) is 5.17. The number of carbonyl (C=O) groups is 1. The average molecular weight is 411 g/mol. The first-order valence-electron chi connectivity index (χ1n) is 7.55. The number of hydrogen-bond acceptors (Lipinski definition) is 6. The standard InChI is InChI=1S/C17H15ClN2O4S2/c1-10-14(9-11-5-3-4-6-12(11)18)25-17(19-10)20-16(21)13-7-8-15(24-13)26(2,22)23/h3-8H,9H2,1-2H3,(H,19,20,21). The van der Waals surface area contributed by atoms with Crippen LogP contribution in [-0.4, -0.2) is 25.6 Å². The first-order chi connectivity index (χ1) is 12.2. The average Bonchev–Trinajstić information content (AvgIpc) is 3.17. The first-order valence-corrected chi connectivity index (χ1v) is 10.6. The van der Waals surface area contributed by atoms with Crippen molar-refractivity contribution in [3.63, 3.8) is 0 Å². The van der Waals surface area contributed by atoms with Gasteiger partial charge in [0.2, 0.25) is 14.9 Å². The van der Waals surface area contributed by atoms with Crippen LogP contribution in [0.3, 0.4) is 0 Å². The Bertz CT molecular complexity index is 1070. The molecular formula is C17H15ClN2O4S2. The number of furan rings is 1. The fraction of sp³-hybridized carbons (Fsp3) is 0.176. The maximum atomic E-state index is 12.2. The van der Waals surface area contributed by atoms with Gasteiger partial charge in [0.05, 0.1) is 5.69 Å². The molecule has 2 heterocycles. The minimum absolute atomic E-state index is 0.0917. The van der Waals surface area contributed by atoms with Crippen molar-refractivity contribution in [2.75, 3.05) is 11.6 Å². The van der Waals surface area contributed by atoms with E-state index in [2.05, 4.69) is 10.3 Å². The lowest BCUT2D eigenvalue weighted by molar-refractivity contribution is 0.0991. The Morgan fingerprint density at radius 1 is 1.27 bits per heavy atom. The molecule has 0 spiro atoms. The molecule has 3 aromatic rings. The summed E-state index contributed by atoms with van der Waals surface area (Å²) in [5, 5.41) is 3.46. The van der Waals surface area contributed by atoms with Gasteiger partial charge < -0.3 is 4.42 Å². The molecule has 26 heavy (non-hydrogen) atoms. The van der Waals surface area contributed by atoms with Gasteiger partial charge in [-0.2, -0.15) is 0 Å². The van der Waals surface area contributed by atoms with Gasteiger partial charge in [0.1, 0.15) is 0 Å². The van der Waals surface area contributed by atoms with Crippen molar-refractivity contribution in [3.05, 3.63) is 63.3 Å². The predicted octanol–water partition coefficient (Wildman–Crippen LogP) is 3.94. The summed E-state index contributed by atoms with van der Waals surface area (Å²) in [5.74, 6) is -0.649. The van der Waals surface area contributed by atoms with Crippen LogP contribution in [0.5, 0.6) is 0 Å². The van der Waals surface area contributed by atoms with E-state index in [0.717, 1.165) is 22.4 Å². The van der Waals surface area contributed by atoms with Crippen molar-refractivity contribution < 1.29 is 17.6 Å². The number of benzene rings is 1. The van der Waals surface area contributed by atoms with Gasteiger partial charge in [0.15, 0.2) is 10.9 Å². The number of carbonyl (C=O) groups excluding carboxylic acids is 1. The molecule has 9 heteroatoms. The summed E-state index contributed by atoms with van der Waals surface area (Å²) in [4.78, 5) is 17.6. The molecule has 0 atom stereocenters. The third-order valence-electron chi connectivity index (χ3n) is 3.59. The monoisotopic (exact) mass is 410 g/mol. The Balaban J connectivity index is 1.76. The summed E-state index contributed by atoms with van der Waals surface area (Å²) in [6.07, 6.45) is 1.62. The molecule has 1 amide bonds. The molecule has 0 fully saturated rings. The predicted molar refractivity (Wildman–Crippen MR) is 101 cm³/mol. The number of halogens is 1. The normalized spacial score (nSPS) is 11.5. The lowest BCUT2D eigenvalue weighted by Gasteiger charge is -2.02. The fourth-order valence-corrected chi connectivity index (χ4v) is 4.00. The van der Waals surface area contributed by atoms with Gasteiger partial charge >= 0.3 is 0 Å². The van der Waals surface area contributed by atoms with Crippen LogP contribution in [0.15, 0.2) is 45.9 Å². The zero-order valence-electron chi connectivity index (χ0n) is 13.9. The zero-order valence-corrected chi connectivity index (χ0v) is 16.3. The van der Waals surface area contributed by atoms with Crippen molar-refractivity contribution in [1.29, 1.82) is 0 Å². The topological polar surface area (TPSA) is 89.3 Å². The minimum atomic E-state index is -3.50. The van der Waals surface area contributed by atoms with Crippen molar-refractivity contribution in [2.24, 2.45) is 0 Å². The van der Waals surface area contributed by atoms with E-state index in [1.54, 1.807) is 0 Å². The fourth-order valence-electron chi connectivity index (χ4n) is 2.26. The van der Waals surface area contributed by atoms with E-state index in [9.17, 15) is 13.2 Å². The highest BCUT2D eigenvalue weighted by atomic mass is 35.5. The van der Waals surface area contributed by atoms with Gasteiger partial charge in [-0.3, -0.25) is 10.1 Å².